The van der Waals surface area contributed by atoms with Crippen LogP contribution in [-0.4, -0.2) is 13.1 Å². The van der Waals surface area contributed by atoms with Gasteiger partial charge in [-0.25, -0.2) is 4.79 Å². The number of ether oxygens (including phenoxy) is 1. The predicted octanol–water partition coefficient (Wildman–Crippen LogP) is 2.21. The van der Waals surface area contributed by atoms with Crippen molar-refractivity contribution in [2.24, 2.45) is 5.73 Å². The van der Waals surface area contributed by atoms with Crippen LogP contribution in [0.15, 0.2) is 11.4 Å². The predicted molar refractivity (Wildman–Crippen MR) is 58.9 cm³/mol. The van der Waals surface area contributed by atoms with Crippen LogP contribution in [-0.2, 0) is 11.3 Å². The third kappa shape index (κ3) is 1.33. The highest BCUT2D eigenvalue weighted by Gasteiger charge is 2.18. The third-order valence-corrected chi connectivity index (χ3v) is 4.24. The van der Waals surface area contributed by atoms with Gasteiger partial charge in [0.25, 0.3) is 0 Å². The van der Waals surface area contributed by atoms with Crippen molar-refractivity contribution < 1.29 is 9.53 Å². The molecule has 0 saturated carbocycles. The molecule has 2 aromatic heterocycles. The van der Waals surface area contributed by atoms with Crippen molar-refractivity contribution in [3.63, 3.8) is 0 Å². The molecular weight excluding hydrogens is 218 g/mol. The van der Waals surface area contributed by atoms with E-state index in [-0.39, 0.29) is 5.97 Å². The number of thiophene rings is 2. The topological polar surface area (TPSA) is 52.3 Å². The fraction of sp³-hybridized carbons (Fsp3) is 0.222. The highest BCUT2D eigenvalue weighted by molar-refractivity contribution is 7.28. The van der Waals surface area contributed by atoms with Crippen LogP contribution in [0.2, 0.25) is 0 Å². The molecule has 0 bridgehead atoms. The van der Waals surface area contributed by atoms with Gasteiger partial charge in [-0.2, -0.15) is 0 Å². The molecule has 0 atom stereocenters. The van der Waals surface area contributed by atoms with E-state index < -0.39 is 0 Å². The van der Waals surface area contributed by atoms with Crippen molar-refractivity contribution in [3.8, 4) is 0 Å². The van der Waals surface area contributed by atoms with Gasteiger partial charge in [0, 0.05) is 16.8 Å². The van der Waals surface area contributed by atoms with Crippen LogP contribution in [0, 0.1) is 0 Å². The number of hydrogen-bond donors (Lipinski definition) is 1. The smallest absolute Gasteiger partial charge is 0.348 e. The lowest BCUT2D eigenvalue weighted by atomic mass is 10.2. The summed E-state index contributed by atoms with van der Waals surface area (Å²) in [4.78, 5) is 12.0. The highest BCUT2D eigenvalue weighted by atomic mass is 32.1. The first-order chi connectivity index (χ1) is 6.77. The van der Waals surface area contributed by atoms with Crippen molar-refractivity contribution in [2.75, 3.05) is 7.11 Å². The van der Waals surface area contributed by atoms with Gasteiger partial charge in [-0.1, -0.05) is 0 Å². The lowest BCUT2D eigenvalue weighted by Gasteiger charge is -1.98. The summed E-state index contributed by atoms with van der Waals surface area (Å²) < 4.78 is 6.91. The Labute approximate surface area is 89.1 Å². The van der Waals surface area contributed by atoms with Gasteiger partial charge in [0.1, 0.15) is 4.88 Å². The number of hydrogen-bond acceptors (Lipinski definition) is 5. The van der Waals surface area contributed by atoms with E-state index in [4.69, 9.17) is 10.5 Å². The summed E-state index contributed by atoms with van der Waals surface area (Å²) in [7, 11) is 1.39. The van der Waals surface area contributed by atoms with Gasteiger partial charge in [0.15, 0.2) is 0 Å². The minimum Gasteiger partial charge on any atom is -0.465 e. The van der Waals surface area contributed by atoms with E-state index in [0.29, 0.717) is 11.4 Å². The van der Waals surface area contributed by atoms with E-state index in [0.717, 1.165) is 15.0 Å². The summed E-state index contributed by atoms with van der Waals surface area (Å²) in [5.74, 6) is -0.293. The number of nitrogens with two attached hydrogens (primary N) is 1. The van der Waals surface area contributed by atoms with Crippen LogP contribution >= 0.6 is 22.7 Å². The molecule has 0 spiro atoms. The molecule has 3 nitrogen and oxygen atoms in total. The molecule has 0 radical (unpaired) electrons. The Morgan fingerprint density at radius 1 is 1.64 bits per heavy atom. The largest absolute Gasteiger partial charge is 0.465 e. The molecule has 0 fully saturated rings. The second-order valence-corrected chi connectivity index (χ2v) is 4.69. The molecule has 0 aromatic carbocycles. The van der Waals surface area contributed by atoms with Crippen molar-refractivity contribution in [1.82, 2.24) is 0 Å². The first-order valence-corrected chi connectivity index (χ1v) is 5.74. The van der Waals surface area contributed by atoms with E-state index in [1.165, 1.54) is 18.4 Å². The minimum absolute atomic E-state index is 0.293. The van der Waals surface area contributed by atoms with Gasteiger partial charge in [0.2, 0.25) is 0 Å². The maximum absolute atomic E-state index is 11.4. The van der Waals surface area contributed by atoms with Gasteiger partial charge < -0.3 is 10.5 Å². The zero-order valence-corrected chi connectivity index (χ0v) is 9.21. The molecule has 0 amide bonds. The SMILES string of the molecule is COC(=O)c1sc2ccsc2c1CN. The first kappa shape index (κ1) is 9.64. The van der Waals surface area contributed by atoms with Crippen LogP contribution in [0.4, 0.5) is 0 Å². The molecule has 0 saturated heterocycles. The van der Waals surface area contributed by atoms with E-state index in [2.05, 4.69) is 0 Å². The zero-order valence-electron chi connectivity index (χ0n) is 7.57. The number of esters is 1. The van der Waals surface area contributed by atoms with Crippen LogP contribution in [0.1, 0.15) is 15.2 Å². The monoisotopic (exact) mass is 227 g/mol. The Hall–Kier alpha value is -0.910. The summed E-state index contributed by atoms with van der Waals surface area (Å²) in [5, 5.41) is 2.00. The molecule has 0 unspecified atom stereocenters. The van der Waals surface area contributed by atoms with Crippen molar-refractivity contribution in [1.29, 1.82) is 0 Å². The number of rotatable bonds is 2. The number of methoxy groups -OCH3 is 1. The van der Waals surface area contributed by atoms with Crippen LogP contribution in [0.3, 0.4) is 0 Å². The van der Waals surface area contributed by atoms with Gasteiger partial charge in [0.05, 0.1) is 11.8 Å². The lowest BCUT2D eigenvalue weighted by molar-refractivity contribution is 0.0605. The average molecular weight is 227 g/mol. The van der Waals surface area contributed by atoms with E-state index in [1.54, 1.807) is 11.3 Å². The standard InChI is InChI=1S/C9H9NO2S2/c1-12-9(11)8-5(4-10)7-6(14-8)2-3-13-7/h2-3H,4,10H2,1H3. The Morgan fingerprint density at radius 2 is 2.43 bits per heavy atom. The van der Waals surface area contributed by atoms with Gasteiger partial charge in [-0.15, -0.1) is 22.7 Å². The molecular formula is C9H9NO2S2. The van der Waals surface area contributed by atoms with E-state index >= 15 is 0 Å². The van der Waals surface area contributed by atoms with Gasteiger partial charge in [-0.05, 0) is 11.4 Å². The molecule has 0 aliphatic rings. The number of carbonyl (C=O) groups excluding carboxylic acids is 1. The Bertz CT molecular complexity index is 472. The molecule has 0 aliphatic carbocycles. The van der Waals surface area contributed by atoms with Gasteiger partial charge >= 0.3 is 5.97 Å². The summed E-state index contributed by atoms with van der Waals surface area (Å²) >= 11 is 3.05. The van der Waals surface area contributed by atoms with Crippen molar-refractivity contribution in [3.05, 3.63) is 21.9 Å². The van der Waals surface area contributed by atoms with Crippen LogP contribution in [0.25, 0.3) is 9.40 Å². The van der Waals surface area contributed by atoms with Crippen molar-refractivity contribution >= 4 is 38.0 Å². The molecule has 0 aliphatic heterocycles. The molecule has 5 heteroatoms. The number of carbonyl (C=O) groups is 1. The van der Waals surface area contributed by atoms with E-state index in [9.17, 15) is 4.79 Å². The van der Waals surface area contributed by atoms with Crippen LogP contribution < -0.4 is 5.73 Å². The average Bonchev–Trinajstić information content (AvgIpc) is 2.74. The first-order valence-electron chi connectivity index (χ1n) is 4.05. The molecule has 74 valence electrons. The second kappa shape index (κ2) is 3.68. The Balaban J connectivity index is 2.63. The summed E-state index contributed by atoms with van der Waals surface area (Å²) in [6, 6.07) is 2.00. The zero-order chi connectivity index (χ0) is 10.1. The van der Waals surface area contributed by atoms with Crippen molar-refractivity contribution in [2.45, 2.75) is 6.54 Å². The molecule has 2 rings (SSSR count). The number of fused-ring (bicyclic) bond motifs is 1. The fourth-order valence-electron chi connectivity index (χ4n) is 1.32. The normalized spacial score (nSPS) is 10.7. The lowest BCUT2D eigenvalue weighted by Crippen LogP contribution is -2.05. The molecule has 2 heterocycles. The molecule has 2 N–H and O–H groups in total. The third-order valence-electron chi connectivity index (χ3n) is 1.96. The highest BCUT2D eigenvalue weighted by Crippen LogP contribution is 2.35. The maximum Gasteiger partial charge on any atom is 0.348 e. The Kier molecular flexibility index (Phi) is 2.54. The Morgan fingerprint density at radius 3 is 3.07 bits per heavy atom. The fourth-order valence-corrected chi connectivity index (χ4v) is 3.63. The summed E-state index contributed by atoms with van der Waals surface area (Å²) in [6.45, 7) is 0.380. The van der Waals surface area contributed by atoms with E-state index in [1.807, 2.05) is 11.4 Å². The molecule has 2 aromatic rings. The van der Waals surface area contributed by atoms with Gasteiger partial charge in [-0.3, -0.25) is 0 Å². The summed E-state index contributed by atoms with van der Waals surface area (Å²) in [6.07, 6.45) is 0. The second-order valence-electron chi connectivity index (χ2n) is 2.72. The quantitative estimate of drug-likeness (QED) is 0.800. The maximum atomic E-state index is 11.4. The summed E-state index contributed by atoms with van der Waals surface area (Å²) in [5.41, 5.74) is 6.53. The minimum atomic E-state index is -0.293. The molecule has 14 heavy (non-hydrogen) atoms. The van der Waals surface area contributed by atoms with Crippen LogP contribution in [0.5, 0.6) is 0 Å².